The number of para-hydroxylation sites is 3. The van der Waals surface area contributed by atoms with Crippen molar-refractivity contribution in [2.75, 3.05) is 0 Å². The molecule has 11 aromatic rings. The first-order chi connectivity index (χ1) is 30.3. The van der Waals surface area contributed by atoms with Crippen LogP contribution >= 0.6 is 0 Å². The summed E-state index contributed by atoms with van der Waals surface area (Å²) in [6, 6.07) is 72.6. The van der Waals surface area contributed by atoms with Crippen LogP contribution in [-0.2, 0) is 10.8 Å². The topological polar surface area (TPSA) is 9.86 Å². The predicted octanol–water partition coefficient (Wildman–Crippen LogP) is 15.8. The van der Waals surface area contributed by atoms with Crippen LogP contribution in [0.1, 0.15) is 49.9 Å². The van der Waals surface area contributed by atoms with E-state index in [0.717, 1.165) is 0 Å². The van der Waals surface area contributed by atoms with Crippen molar-refractivity contribution < 1.29 is 0 Å². The molecule has 0 unspecified atom stereocenters. The second-order valence-corrected chi connectivity index (χ2v) is 18.6. The molecular formula is C60H44N2. The van der Waals surface area contributed by atoms with Gasteiger partial charge in [0.1, 0.15) is 0 Å². The van der Waals surface area contributed by atoms with Crippen LogP contribution in [0.2, 0.25) is 0 Å². The monoisotopic (exact) mass is 792 g/mol. The number of benzene rings is 9. The summed E-state index contributed by atoms with van der Waals surface area (Å²) < 4.78 is 4.86. The van der Waals surface area contributed by atoms with E-state index < -0.39 is 0 Å². The van der Waals surface area contributed by atoms with E-state index in [1.54, 1.807) is 0 Å². The van der Waals surface area contributed by atoms with Crippen LogP contribution in [-0.4, -0.2) is 9.13 Å². The molecule has 2 nitrogen and oxygen atoms in total. The first kappa shape index (κ1) is 35.3. The third-order valence-corrected chi connectivity index (χ3v) is 14.5. The zero-order chi connectivity index (χ0) is 41.5. The van der Waals surface area contributed by atoms with Crippen LogP contribution in [0.3, 0.4) is 0 Å². The van der Waals surface area contributed by atoms with Crippen molar-refractivity contribution in [3.05, 3.63) is 216 Å². The third-order valence-electron chi connectivity index (χ3n) is 14.5. The average molecular weight is 793 g/mol. The molecular weight excluding hydrogens is 749 g/mol. The smallest absolute Gasteiger partial charge is 0.0541 e. The lowest BCUT2D eigenvalue weighted by Crippen LogP contribution is -2.18. The molecule has 0 bridgehead atoms. The molecule has 0 saturated carbocycles. The number of nitrogens with zero attached hydrogens (tertiary/aromatic N) is 2. The van der Waals surface area contributed by atoms with E-state index >= 15 is 0 Å². The summed E-state index contributed by atoms with van der Waals surface area (Å²) in [6.07, 6.45) is 0. The number of aromatic nitrogens is 2. The highest BCUT2D eigenvalue weighted by Gasteiger charge is 2.42. The van der Waals surface area contributed by atoms with Gasteiger partial charge in [0.05, 0.1) is 22.1 Å². The lowest BCUT2D eigenvalue weighted by molar-refractivity contribution is 0.639. The molecule has 0 aliphatic heterocycles. The fourth-order valence-corrected chi connectivity index (χ4v) is 11.4. The Kier molecular flexibility index (Phi) is 7.16. The molecule has 13 rings (SSSR count). The predicted molar refractivity (Wildman–Crippen MR) is 261 cm³/mol. The Morgan fingerprint density at radius 3 is 1.32 bits per heavy atom. The Morgan fingerprint density at radius 1 is 0.274 bits per heavy atom. The van der Waals surface area contributed by atoms with E-state index in [1.807, 2.05) is 0 Å². The van der Waals surface area contributed by atoms with Crippen molar-refractivity contribution in [2.45, 2.75) is 38.5 Å². The molecule has 2 heteroatoms. The first-order valence-electron chi connectivity index (χ1n) is 21.9. The van der Waals surface area contributed by atoms with Crippen LogP contribution in [0, 0.1) is 0 Å². The minimum absolute atomic E-state index is 0.121. The summed E-state index contributed by atoms with van der Waals surface area (Å²) in [4.78, 5) is 0. The van der Waals surface area contributed by atoms with E-state index in [-0.39, 0.29) is 10.8 Å². The van der Waals surface area contributed by atoms with Crippen molar-refractivity contribution in [3.63, 3.8) is 0 Å². The van der Waals surface area contributed by atoms with Gasteiger partial charge in [-0.05, 0) is 140 Å². The molecule has 0 fully saturated rings. The van der Waals surface area contributed by atoms with Crippen molar-refractivity contribution in [1.82, 2.24) is 9.13 Å². The molecule has 0 saturated heterocycles. The van der Waals surface area contributed by atoms with Crippen molar-refractivity contribution in [2.24, 2.45) is 0 Å². The highest BCUT2D eigenvalue weighted by molar-refractivity contribution is 6.12. The standard InChI is InChI=1S/C60H44N2/c1-59(2)51-27-23-39(40-25-30-58-50(33-40)49-32-38(37-15-7-5-8-16-37)24-29-57(49)61(58)41-17-9-6-10-18-41)31-45(51)47-35-48-46-34-42(26-28-52(46)60(3,4)54(48)36-53(47)59)62-55-21-13-11-19-43(55)44-20-12-14-22-56(44)62/h5-36H,1-4H3. The van der Waals surface area contributed by atoms with Crippen LogP contribution < -0.4 is 0 Å². The largest absolute Gasteiger partial charge is 0.309 e. The summed E-state index contributed by atoms with van der Waals surface area (Å²) >= 11 is 0. The van der Waals surface area contributed by atoms with Gasteiger partial charge < -0.3 is 9.13 Å². The minimum Gasteiger partial charge on any atom is -0.309 e. The molecule has 0 N–H and O–H groups in total. The molecule has 0 atom stereocenters. The summed E-state index contributed by atoms with van der Waals surface area (Å²) in [7, 11) is 0. The zero-order valence-electron chi connectivity index (χ0n) is 35.4. The molecule has 62 heavy (non-hydrogen) atoms. The number of rotatable bonds is 4. The normalized spacial score (nSPS) is 14.4. The Bertz CT molecular complexity index is 3620. The Morgan fingerprint density at radius 2 is 0.710 bits per heavy atom. The maximum absolute atomic E-state index is 2.55. The van der Waals surface area contributed by atoms with Gasteiger partial charge >= 0.3 is 0 Å². The summed E-state index contributed by atoms with van der Waals surface area (Å²) in [5.74, 6) is 0. The lowest BCUT2D eigenvalue weighted by atomic mass is 9.77. The fraction of sp³-hybridized carbons (Fsp3) is 0.100. The van der Waals surface area contributed by atoms with Crippen molar-refractivity contribution in [1.29, 1.82) is 0 Å². The van der Waals surface area contributed by atoms with Gasteiger partial charge in [0.25, 0.3) is 0 Å². The lowest BCUT2D eigenvalue weighted by Gasteiger charge is -2.26. The second kappa shape index (κ2) is 12.6. The van der Waals surface area contributed by atoms with E-state index in [2.05, 4.69) is 231 Å². The van der Waals surface area contributed by atoms with Gasteiger partial charge in [-0.15, -0.1) is 0 Å². The van der Waals surface area contributed by atoms with E-state index in [9.17, 15) is 0 Å². The van der Waals surface area contributed by atoms with Gasteiger partial charge in [0.15, 0.2) is 0 Å². The second-order valence-electron chi connectivity index (χ2n) is 18.6. The maximum Gasteiger partial charge on any atom is 0.0541 e. The van der Waals surface area contributed by atoms with Crippen LogP contribution in [0.5, 0.6) is 0 Å². The van der Waals surface area contributed by atoms with Gasteiger partial charge in [0, 0.05) is 43.7 Å². The van der Waals surface area contributed by atoms with Gasteiger partial charge in [0.2, 0.25) is 0 Å². The fourth-order valence-electron chi connectivity index (χ4n) is 11.4. The molecule has 9 aromatic carbocycles. The number of hydrogen-bond donors (Lipinski definition) is 0. The first-order valence-corrected chi connectivity index (χ1v) is 21.9. The summed E-state index contributed by atoms with van der Waals surface area (Å²) in [6.45, 7) is 9.64. The third kappa shape index (κ3) is 4.81. The van der Waals surface area contributed by atoms with Crippen LogP contribution in [0.15, 0.2) is 194 Å². The molecule has 0 amide bonds. The Balaban J connectivity index is 0.974. The van der Waals surface area contributed by atoms with E-state index in [1.165, 1.54) is 122 Å². The average Bonchev–Trinajstić information content (AvgIpc) is 3.97. The van der Waals surface area contributed by atoms with Crippen molar-refractivity contribution in [3.8, 4) is 55.9 Å². The highest BCUT2D eigenvalue weighted by Crippen LogP contribution is 2.57. The zero-order valence-corrected chi connectivity index (χ0v) is 35.4. The molecule has 0 spiro atoms. The molecule has 294 valence electrons. The number of fused-ring (bicyclic) bond motifs is 12. The van der Waals surface area contributed by atoms with Crippen molar-refractivity contribution >= 4 is 43.6 Å². The molecule has 2 aromatic heterocycles. The molecule has 0 radical (unpaired) electrons. The quantitative estimate of drug-likeness (QED) is 0.168. The summed E-state index contributed by atoms with van der Waals surface area (Å²) in [5, 5.41) is 5.09. The molecule has 2 heterocycles. The van der Waals surface area contributed by atoms with Gasteiger partial charge in [-0.3, -0.25) is 0 Å². The Labute approximate surface area is 362 Å². The molecule has 2 aliphatic rings. The van der Waals surface area contributed by atoms with Gasteiger partial charge in [-0.2, -0.15) is 0 Å². The minimum atomic E-state index is -0.127. The number of hydrogen-bond acceptors (Lipinski definition) is 0. The van der Waals surface area contributed by atoms with Gasteiger partial charge in [-0.1, -0.05) is 149 Å². The van der Waals surface area contributed by atoms with E-state index in [4.69, 9.17) is 0 Å². The van der Waals surface area contributed by atoms with Crippen LogP contribution in [0.25, 0.3) is 99.5 Å². The maximum atomic E-state index is 2.55. The highest BCUT2D eigenvalue weighted by atomic mass is 15.0. The molecule has 2 aliphatic carbocycles. The van der Waals surface area contributed by atoms with E-state index in [0.29, 0.717) is 0 Å². The van der Waals surface area contributed by atoms with Gasteiger partial charge in [-0.25, -0.2) is 0 Å². The summed E-state index contributed by atoms with van der Waals surface area (Å²) in [5.41, 5.74) is 23.0. The SMILES string of the molecule is CC1(C)c2ccc(-c3ccc4c(c3)c3cc(-c5ccccc5)ccc3n4-c3ccccc3)cc2-c2cc3c(cc21)C(C)(C)c1ccc(-n2c4ccccc4c4ccccc42)cc1-3. The van der Waals surface area contributed by atoms with Crippen LogP contribution in [0.4, 0.5) is 0 Å². The Hall–Kier alpha value is -7.42.